The molecule has 0 spiro atoms. The fourth-order valence-electron chi connectivity index (χ4n) is 3.00. The van der Waals surface area contributed by atoms with Crippen molar-refractivity contribution in [3.05, 3.63) is 10.6 Å². The van der Waals surface area contributed by atoms with Gasteiger partial charge in [-0.3, -0.25) is 4.79 Å². The van der Waals surface area contributed by atoms with E-state index in [9.17, 15) is 4.79 Å². The molecule has 0 bridgehead atoms. The molecule has 0 unspecified atom stereocenters. The van der Waals surface area contributed by atoms with Crippen LogP contribution in [0.15, 0.2) is 0 Å². The normalized spacial score (nSPS) is 23.1. The average molecular weight is 278 g/mol. The van der Waals surface area contributed by atoms with Gasteiger partial charge in [0, 0.05) is 24.4 Å². The lowest BCUT2D eigenvalue weighted by Crippen LogP contribution is -2.25. The van der Waals surface area contributed by atoms with Gasteiger partial charge in [-0.1, -0.05) is 13.8 Å². The molecule has 1 aromatic rings. The van der Waals surface area contributed by atoms with Gasteiger partial charge in [0.15, 0.2) is 10.9 Å². The number of aromatic nitrogens is 1. The van der Waals surface area contributed by atoms with E-state index in [1.54, 1.807) is 11.3 Å². The quantitative estimate of drug-likeness (QED) is 0.785. The van der Waals surface area contributed by atoms with E-state index >= 15 is 0 Å². The standard InChI is InChI=1S/C15H22N2OS/c1-15(2)7-4-9-17(10-8-15)14-16-13-11(18)5-3-6-12(13)19-14/h3-10H2,1-2H3. The van der Waals surface area contributed by atoms with Crippen molar-refractivity contribution in [1.29, 1.82) is 0 Å². The Balaban J connectivity index is 1.81. The van der Waals surface area contributed by atoms with E-state index in [2.05, 4.69) is 23.7 Å². The maximum Gasteiger partial charge on any atom is 0.186 e. The van der Waals surface area contributed by atoms with E-state index in [4.69, 9.17) is 0 Å². The number of fused-ring (bicyclic) bond motifs is 1. The first-order valence-corrected chi connectivity index (χ1v) is 8.15. The minimum absolute atomic E-state index is 0.249. The molecule has 1 aliphatic carbocycles. The van der Waals surface area contributed by atoms with Crippen molar-refractivity contribution in [2.24, 2.45) is 5.41 Å². The Kier molecular flexibility index (Phi) is 3.37. The zero-order valence-corrected chi connectivity index (χ0v) is 12.7. The van der Waals surface area contributed by atoms with Gasteiger partial charge in [0.25, 0.3) is 0 Å². The number of hydrogen-bond donors (Lipinski definition) is 0. The van der Waals surface area contributed by atoms with Gasteiger partial charge in [0.2, 0.25) is 0 Å². The summed E-state index contributed by atoms with van der Waals surface area (Å²) in [4.78, 5) is 20.1. The number of hydrogen-bond acceptors (Lipinski definition) is 4. The summed E-state index contributed by atoms with van der Waals surface area (Å²) in [5.74, 6) is 0.249. The van der Waals surface area contributed by atoms with Gasteiger partial charge in [-0.05, 0) is 37.5 Å². The van der Waals surface area contributed by atoms with Crippen LogP contribution in [-0.2, 0) is 6.42 Å². The summed E-state index contributed by atoms with van der Waals surface area (Å²) in [6, 6.07) is 0. The second kappa shape index (κ2) is 4.89. The summed E-state index contributed by atoms with van der Waals surface area (Å²) in [5, 5.41) is 1.08. The Labute approximate surface area is 119 Å². The minimum Gasteiger partial charge on any atom is -0.348 e. The molecule has 0 N–H and O–H groups in total. The molecule has 0 saturated carbocycles. The van der Waals surface area contributed by atoms with Crippen LogP contribution in [-0.4, -0.2) is 23.9 Å². The van der Waals surface area contributed by atoms with Gasteiger partial charge >= 0.3 is 0 Å². The molecule has 2 heterocycles. The SMILES string of the molecule is CC1(C)CCCN(c2nc3c(s2)CCCC3=O)CC1. The van der Waals surface area contributed by atoms with Crippen molar-refractivity contribution < 1.29 is 4.79 Å². The van der Waals surface area contributed by atoms with Gasteiger partial charge in [0.05, 0.1) is 0 Å². The third kappa shape index (κ3) is 2.69. The number of rotatable bonds is 1. The van der Waals surface area contributed by atoms with Crippen molar-refractivity contribution in [3.8, 4) is 0 Å². The molecule has 1 fully saturated rings. The first-order valence-electron chi connectivity index (χ1n) is 7.33. The zero-order valence-electron chi connectivity index (χ0n) is 11.9. The second-order valence-electron chi connectivity index (χ2n) is 6.55. The summed E-state index contributed by atoms with van der Waals surface area (Å²) in [6.45, 7) is 6.87. The molecule has 2 aliphatic rings. The molecular formula is C15H22N2OS. The molecule has 0 amide bonds. The number of thiazole rings is 1. The third-order valence-corrected chi connectivity index (χ3v) is 5.54. The Morgan fingerprint density at radius 2 is 2.00 bits per heavy atom. The fourth-order valence-corrected chi connectivity index (χ4v) is 4.18. The first-order chi connectivity index (χ1) is 9.05. The van der Waals surface area contributed by atoms with Crippen molar-refractivity contribution in [2.75, 3.05) is 18.0 Å². The Hall–Kier alpha value is -0.900. The lowest BCUT2D eigenvalue weighted by atomic mass is 9.85. The van der Waals surface area contributed by atoms with Crippen LogP contribution < -0.4 is 4.90 Å². The molecule has 104 valence electrons. The summed E-state index contributed by atoms with van der Waals surface area (Å²) in [6.07, 6.45) is 6.45. The van der Waals surface area contributed by atoms with Crippen molar-refractivity contribution >= 4 is 22.3 Å². The van der Waals surface area contributed by atoms with E-state index in [0.717, 1.165) is 36.8 Å². The predicted octanol–water partition coefficient (Wildman–Crippen LogP) is 3.68. The van der Waals surface area contributed by atoms with Crippen LogP contribution in [0, 0.1) is 5.41 Å². The van der Waals surface area contributed by atoms with E-state index in [-0.39, 0.29) is 5.78 Å². The molecule has 1 aromatic heterocycles. The van der Waals surface area contributed by atoms with E-state index in [1.807, 2.05) is 0 Å². The van der Waals surface area contributed by atoms with E-state index < -0.39 is 0 Å². The highest BCUT2D eigenvalue weighted by Crippen LogP contribution is 2.35. The van der Waals surface area contributed by atoms with Crippen LogP contribution in [0.3, 0.4) is 0 Å². The van der Waals surface area contributed by atoms with Crippen LogP contribution in [0.4, 0.5) is 5.13 Å². The van der Waals surface area contributed by atoms with Crippen molar-refractivity contribution in [3.63, 3.8) is 0 Å². The summed E-state index contributed by atoms with van der Waals surface area (Å²) in [5.41, 5.74) is 1.22. The molecule has 0 atom stereocenters. The first kappa shape index (κ1) is 13.1. The lowest BCUT2D eigenvalue weighted by molar-refractivity contribution is 0.0968. The topological polar surface area (TPSA) is 33.2 Å². The highest BCUT2D eigenvalue weighted by molar-refractivity contribution is 7.16. The van der Waals surface area contributed by atoms with Crippen LogP contribution in [0.2, 0.25) is 0 Å². The average Bonchev–Trinajstić information content (AvgIpc) is 2.70. The largest absolute Gasteiger partial charge is 0.348 e. The molecular weight excluding hydrogens is 256 g/mol. The number of ketones is 1. The van der Waals surface area contributed by atoms with E-state index in [0.29, 0.717) is 11.8 Å². The summed E-state index contributed by atoms with van der Waals surface area (Å²) in [7, 11) is 0. The number of nitrogens with zero attached hydrogens (tertiary/aromatic N) is 2. The maximum absolute atomic E-state index is 11.9. The monoisotopic (exact) mass is 278 g/mol. The minimum atomic E-state index is 0.249. The Bertz CT molecular complexity index is 492. The molecule has 3 nitrogen and oxygen atoms in total. The van der Waals surface area contributed by atoms with Gasteiger partial charge < -0.3 is 4.90 Å². The predicted molar refractivity (Wildman–Crippen MR) is 79.2 cm³/mol. The summed E-state index contributed by atoms with van der Waals surface area (Å²) >= 11 is 1.75. The Morgan fingerprint density at radius 3 is 2.79 bits per heavy atom. The highest BCUT2D eigenvalue weighted by atomic mass is 32.1. The smallest absolute Gasteiger partial charge is 0.186 e. The van der Waals surface area contributed by atoms with Crippen LogP contribution >= 0.6 is 11.3 Å². The van der Waals surface area contributed by atoms with Gasteiger partial charge in [-0.25, -0.2) is 4.98 Å². The fraction of sp³-hybridized carbons (Fsp3) is 0.733. The molecule has 19 heavy (non-hydrogen) atoms. The van der Waals surface area contributed by atoms with E-state index in [1.165, 1.54) is 24.1 Å². The van der Waals surface area contributed by atoms with Crippen LogP contribution in [0.1, 0.15) is 61.3 Å². The number of Topliss-reactive ketones (excluding diaryl/α,β-unsaturated/α-hetero) is 1. The third-order valence-electron chi connectivity index (χ3n) is 4.37. The maximum atomic E-state index is 11.9. The number of aryl methyl sites for hydroxylation is 1. The molecule has 0 aromatic carbocycles. The molecule has 4 heteroatoms. The van der Waals surface area contributed by atoms with Crippen LogP contribution in [0.25, 0.3) is 0 Å². The van der Waals surface area contributed by atoms with Crippen molar-refractivity contribution in [1.82, 2.24) is 4.98 Å². The lowest BCUT2D eigenvalue weighted by Gasteiger charge is -2.22. The van der Waals surface area contributed by atoms with Crippen LogP contribution in [0.5, 0.6) is 0 Å². The van der Waals surface area contributed by atoms with Gasteiger partial charge in [-0.15, -0.1) is 11.3 Å². The van der Waals surface area contributed by atoms with Gasteiger partial charge in [0.1, 0.15) is 5.69 Å². The second-order valence-corrected chi connectivity index (χ2v) is 7.61. The van der Waals surface area contributed by atoms with Crippen molar-refractivity contribution in [2.45, 2.75) is 52.4 Å². The summed E-state index contributed by atoms with van der Waals surface area (Å²) < 4.78 is 0. The highest BCUT2D eigenvalue weighted by Gasteiger charge is 2.27. The molecule has 1 aliphatic heterocycles. The molecule has 3 rings (SSSR count). The molecule has 0 radical (unpaired) electrons. The zero-order chi connectivity index (χ0) is 13.5. The Morgan fingerprint density at radius 1 is 1.16 bits per heavy atom. The number of carbonyl (C=O) groups is 1. The van der Waals surface area contributed by atoms with Gasteiger partial charge in [-0.2, -0.15) is 0 Å². The molecule has 1 saturated heterocycles. The number of carbonyl (C=O) groups excluding carboxylic acids is 1. The number of anilines is 1.